The molecule has 1 atom stereocenters. The van der Waals surface area contributed by atoms with Crippen LogP contribution in [0.5, 0.6) is 5.75 Å². The highest BCUT2D eigenvalue weighted by Gasteiger charge is 2.23. The Kier molecular flexibility index (Phi) is 6.87. The van der Waals surface area contributed by atoms with Crippen LogP contribution in [0.3, 0.4) is 0 Å². The normalized spacial score (nSPS) is 12.8. The van der Waals surface area contributed by atoms with Gasteiger partial charge in [-0.1, -0.05) is 12.1 Å². The number of rotatable bonds is 7. The molecule has 0 saturated carbocycles. The molecule has 2 amide bonds. The van der Waals surface area contributed by atoms with Gasteiger partial charge in [-0.15, -0.1) is 0 Å². The molecule has 0 bridgehead atoms. The van der Waals surface area contributed by atoms with E-state index in [1.54, 1.807) is 31.4 Å². The quantitative estimate of drug-likeness (QED) is 0.678. The summed E-state index contributed by atoms with van der Waals surface area (Å²) in [5.41, 5.74) is 1.23. The molecular weight excluding hydrogens is 364 g/mol. The van der Waals surface area contributed by atoms with Crippen LogP contribution in [0.2, 0.25) is 0 Å². The zero-order valence-electron chi connectivity index (χ0n) is 16.0. The molecule has 0 spiro atoms. The Morgan fingerprint density at radius 3 is 2.11 bits per heavy atom. The molecule has 0 aliphatic rings. The van der Waals surface area contributed by atoms with Crippen molar-refractivity contribution < 1.29 is 19.4 Å². The number of aliphatic hydroxyl groups is 1. The predicted octanol–water partition coefficient (Wildman–Crippen LogP) is 2.54. The Hall–Kier alpha value is -2.51. The van der Waals surface area contributed by atoms with Gasteiger partial charge in [0.05, 0.1) is 7.11 Å². The number of carbonyl (C=O) groups excluding carboxylic acids is 2. The summed E-state index contributed by atoms with van der Waals surface area (Å²) in [6.45, 7) is -0.691. The van der Waals surface area contributed by atoms with Crippen molar-refractivity contribution in [3.63, 3.8) is 0 Å². The van der Waals surface area contributed by atoms with Gasteiger partial charge in [-0.05, 0) is 65.6 Å². The van der Waals surface area contributed by atoms with Gasteiger partial charge >= 0.3 is 0 Å². The molecule has 0 aliphatic heterocycles. The minimum atomic E-state index is -0.927. The molecule has 1 unspecified atom stereocenters. The fraction of sp³-hybridized carbons (Fsp3) is 0.300. The molecule has 0 saturated heterocycles. The van der Waals surface area contributed by atoms with Gasteiger partial charge < -0.3 is 20.5 Å². The lowest BCUT2D eigenvalue weighted by atomic mass is 10.1. The number of hydrogen-bond donors (Lipinski definition) is 3. The Morgan fingerprint density at radius 2 is 1.63 bits per heavy atom. The number of ether oxygens (including phenoxy) is 1. The number of anilines is 1. The van der Waals surface area contributed by atoms with Crippen LogP contribution >= 0.6 is 10.0 Å². The SMILES string of the molecule is COc1ccc(C(NC(=O)CO)C(=O)Nc2ccc(S(C)(C)C)cc2)cc1. The van der Waals surface area contributed by atoms with Gasteiger partial charge in [-0.3, -0.25) is 9.59 Å². The molecule has 2 rings (SSSR count). The van der Waals surface area contributed by atoms with Gasteiger partial charge in [0.25, 0.3) is 5.91 Å². The fourth-order valence-corrected chi connectivity index (χ4v) is 3.42. The molecule has 3 N–H and O–H groups in total. The summed E-state index contributed by atoms with van der Waals surface area (Å²) in [5, 5.41) is 14.4. The summed E-state index contributed by atoms with van der Waals surface area (Å²) in [6.07, 6.45) is 6.60. The number of methoxy groups -OCH3 is 1. The topological polar surface area (TPSA) is 87.7 Å². The summed E-state index contributed by atoms with van der Waals surface area (Å²) < 4.78 is 5.12. The molecule has 2 aromatic carbocycles. The van der Waals surface area contributed by atoms with Crippen molar-refractivity contribution in [2.75, 3.05) is 37.8 Å². The van der Waals surface area contributed by atoms with Crippen LogP contribution in [0, 0.1) is 0 Å². The first-order valence-corrected chi connectivity index (χ1v) is 11.2. The lowest BCUT2D eigenvalue weighted by Crippen LogP contribution is -2.38. The predicted molar refractivity (Wildman–Crippen MR) is 110 cm³/mol. The van der Waals surface area contributed by atoms with E-state index in [4.69, 9.17) is 9.84 Å². The second kappa shape index (κ2) is 8.92. The molecule has 0 radical (unpaired) electrons. The van der Waals surface area contributed by atoms with E-state index in [9.17, 15) is 9.59 Å². The zero-order chi connectivity index (χ0) is 20.0. The number of aliphatic hydroxyl groups excluding tert-OH is 1. The van der Waals surface area contributed by atoms with Crippen molar-refractivity contribution in [1.82, 2.24) is 5.32 Å². The van der Waals surface area contributed by atoms with Crippen LogP contribution in [0.4, 0.5) is 5.69 Å². The molecule has 0 heterocycles. The third kappa shape index (κ3) is 5.74. The van der Waals surface area contributed by atoms with Crippen molar-refractivity contribution in [3.8, 4) is 5.75 Å². The first-order valence-electron chi connectivity index (χ1n) is 8.38. The van der Waals surface area contributed by atoms with Crippen LogP contribution < -0.4 is 15.4 Å². The van der Waals surface area contributed by atoms with E-state index in [1.807, 2.05) is 24.3 Å². The standard InChI is InChI=1S/C20H26N2O4S/c1-26-16-9-5-14(6-10-16)19(22-18(24)13-23)20(25)21-15-7-11-17(12-8-15)27(2,3)4/h5-12,19,23H,13H2,1-4H3,(H,21,25)(H,22,24). The molecule has 0 aliphatic carbocycles. The van der Waals surface area contributed by atoms with Crippen molar-refractivity contribution in [3.05, 3.63) is 54.1 Å². The number of amides is 2. The van der Waals surface area contributed by atoms with Crippen molar-refractivity contribution in [2.45, 2.75) is 10.9 Å². The highest BCUT2D eigenvalue weighted by Crippen LogP contribution is 2.45. The smallest absolute Gasteiger partial charge is 0.251 e. The Balaban J connectivity index is 2.21. The molecule has 146 valence electrons. The van der Waals surface area contributed by atoms with E-state index < -0.39 is 34.5 Å². The number of hydrogen-bond acceptors (Lipinski definition) is 4. The molecule has 7 heteroatoms. The van der Waals surface area contributed by atoms with E-state index in [0.29, 0.717) is 17.0 Å². The van der Waals surface area contributed by atoms with Gasteiger partial charge in [-0.25, -0.2) is 10.0 Å². The lowest BCUT2D eigenvalue weighted by Gasteiger charge is -2.26. The second-order valence-electron chi connectivity index (χ2n) is 6.78. The molecular formula is C20H26N2O4S. The van der Waals surface area contributed by atoms with Gasteiger partial charge in [-0.2, -0.15) is 0 Å². The third-order valence-electron chi connectivity index (χ3n) is 3.99. The van der Waals surface area contributed by atoms with E-state index in [2.05, 4.69) is 29.4 Å². The monoisotopic (exact) mass is 390 g/mol. The first-order chi connectivity index (χ1) is 12.7. The average Bonchev–Trinajstić information content (AvgIpc) is 2.65. The minimum Gasteiger partial charge on any atom is -0.497 e. The molecule has 6 nitrogen and oxygen atoms in total. The van der Waals surface area contributed by atoms with Crippen LogP contribution in [-0.4, -0.2) is 49.4 Å². The van der Waals surface area contributed by atoms with Crippen LogP contribution in [0.25, 0.3) is 0 Å². The first kappa shape index (κ1) is 20.8. The minimum absolute atomic E-state index is 0.391. The maximum Gasteiger partial charge on any atom is 0.251 e. The van der Waals surface area contributed by atoms with Crippen LogP contribution in [0.1, 0.15) is 11.6 Å². The van der Waals surface area contributed by atoms with Crippen molar-refractivity contribution in [1.29, 1.82) is 0 Å². The summed E-state index contributed by atoms with van der Waals surface area (Å²) >= 11 is 0. The van der Waals surface area contributed by atoms with Crippen LogP contribution in [0.15, 0.2) is 53.4 Å². The highest BCUT2D eigenvalue weighted by molar-refractivity contribution is 8.32. The van der Waals surface area contributed by atoms with Gasteiger partial charge in [0.1, 0.15) is 18.4 Å². The molecule has 0 fully saturated rings. The van der Waals surface area contributed by atoms with Crippen molar-refractivity contribution in [2.24, 2.45) is 0 Å². The summed E-state index contributed by atoms with van der Waals surface area (Å²) in [4.78, 5) is 25.7. The highest BCUT2D eigenvalue weighted by atomic mass is 32.3. The van der Waals surface area contributed by atoms with E-state index in [0.717, 1.165) is 0 Å². The molecule has 27 heavy (non-hydrogen) atoms. The lowest BCUT2D eigenvalue weighted by molar-refractivity contribution is -0.128. The Labute approximate surface area is 161 Å². The maximum absolute atomic E-state index is 12.8. The van der Waals surface area contributed by atoms with E-state index >= 15 is 0 Å². The largest absolute Gasteiger partial charge is 0.497 e. The summed E-state index contributed by atoms with van der Waals surface area (Å²) in [7, 11) is 0.709. The molecule has 0 aromatic heterocycles. The second-order valence-corrected chi connectivity index (χ2v) is 10.9. The number of benzene rings is 2. The maximum atomic E-state index is 12.8. The third-order valence-corrected chi connectivity index (χ3v) is 5.68. The van der Waals surface area contributed by atoms with Crippen molar-refractivity contribution >= 4 is 27.5 Å². The Morgan fingerprint density at radius 1 is 1.04 bits per heavy atom. The van der Waals surface area contributed by atoms with Crippen LogP contribution in [-0.2, 0) is 9.59 Å². The fourth-order valence-electron chi connectivity index (χ4n) is 2.46. The van der Waals surface area contributed by atoms with E-state index in [-0.39, 0.29) is 0 Å². The average molecular weight is 391 g/mol. The zero-order valence-corrected chi connectivity index (χ0v) is 16.8. The number of carbonyl (C=O) groups is 2. The van der Waals surface area contributed by atoms with Gasteiger partial charge in [0.15, 0.2) is 0 Å². The Bertz CT molecular complexity index is 783. The summed E-state index contributed by atoms with van der Waals surface area (Å²) in [5.74, 6) is -0.373. The molecule has 2 aromatic rings. The number of nitrogens with one attached hydrogen (secondary N) is 2. The summed E-state index contributed by atoms with van der Waals surface area (Å²) in [6, 6.07) is 13.6. The van der Waals surface area contributed by atoms with Gasteiger partial charge in [0, 0.05) is 5.69 Å². The van der Waals surface area contributed by atoms with E-state index in [1.165, 1.54) is 4.90 Å². The van der Waals surface area contributed by atoms with Gasteiger partial charge in [0.2, 0.25) is 5.91 Å².